The zero-order valence-corrected chi connectivity index (χ0v) is 21.6. The van der Waals surface area contributed by atoms with E-state index in [1.165, 1.54) is 9.80 Å². The molecule has 2 aliphatic rings. The third-order valence-corrected chi connectivity index (χ3v) is 7.68. The fourth-order valence-electron chi connectivity index (χ4n) is 4.72. The Morgan fingerprint density at radius 2 is 1.89 bits per heavy atom. The molecule has 2 aliphatic heterocycles. The third-order valence-electron chi connectivity index (χ3n) is 6.74. The molecular weight excluding hydrogens is 500 g/mol. The Balaban J connectivity index is 1.67. The fourth-order valence-corrected chi connectivity index (χ4v) is 5.24. The monoisotopic (exact) mass is 534 g/mol. The van der Waals surface area contributed by atoms with Crippen molar-refractivity contribution in [3.05, 3.63) is 29.8 Å². The summed E-state index contributed by atoms with van der Waals surface area (Å²) in [6.45, 7) is 0.661. The molecule has 3 rings (SSSR count). The Bertz CT molecular complexity index is 1050. The molecule has 0 aliphatic carbocycles. The van der Waals surface area contributed by atoms with Crippen LogP contribution < -0.4 is 22.1 Å². The van der Waals surface area contributed by atoms with E-state index in [-0.39, 0.29) is 32.0 Å². The van der Waals surface area contributed by atoms with Crippen molar-refractivity contribution in [3.63, 3.8) is 0 Å². The lowest BCUT2D eigenvalue weighted by atomic mass is 10.1. The predicted molar refractivity (Wildman–Crippen MR) is 135 cm³/mol. The summed E-state index contributed by atoms with van der Waals surface area (Å²) in [5.41, 5.74) is 12.1. The lowest BCUT2D eigenvalue weighted by Gasteiger charge is -2.36. The SMILES string of the molecule is CS(=O)c1ccc(CNC(=O)[C@H](CCC(N)=O)NC(=O)[C@@H]2CC[C@@H]3CCN(C=O)C[C@H](N)C(=O)N32)cc1. The Kier molecular flexibility index (Phi) is 9.75. The van der Waals surface area contributed by atoms with Crippen molar-refractivity contribution in [1.82, 2.24) is 20.4 Å². The molecule has 202 valence electrons. The molecule has 12 nitrogen and oxygen atoms in total. The minimum Gasteiger partial charge on any atom is -0.370 e. The number of hydrogen-bond donors (Lipinski definition) is 4. The number of benzene rings is 1. The standard InChI is InChI=1S/C24H34N6O6S/c1-37(36)17-5-2-15(3-6-17)12-27-22(33)19(7-9-21(26)32)28-23(34)20-8-4-16-10-11-29(14-31)13-18(25)24(35)30(16)20/h2-3,5-6,14,16,18-20H,4,7-13,25H2,1H3,(H2,26,32)(H,27,33)(H,28,34)/t16-,18+,19+,20+,37?/m1/s1. The van der Waals surface area contributed by atoms with Crippen molar-refractivity contribution in [1.29, 1.82) is 0 Å². The van der Waals surface area contributed by atoms with Crippen LogP contribution >= 0.6 is 0 Å². The van der Waals surface area contributed by atoms with Crippen LogP contribution in [0, 0.1) is 0 Å². The summed E-state index contributed by atoms with van der Waals surface area (Å²) in [5, 5.41) is 5.45. The van der Waals surface area contributed by atoms with Gasteiger partial charge in [-0.3, -0.25) is 28.2 Å². The third kappa shape index (κ3) is 7.35. The van der Waals surface area contributed by atoms with Crippen molar-refractivity contribution in [2.45, 2.75) is 67.7 Å². The molecule has 0 spiro atoms. The number of nitrogens with one attached hydrogen (secondary N) is 2. The van der Waals surface area contributed by atoms with Gasteiger partial charge in [-0.1, -0.05) is 12.1 Å². The van der Waals surface area contributed by atoms with Crippen molar-refractivity contribution >= 4 is 40.8 Å². The first-order valence-electron chi connectivity index (χ1n) is 12.2. The zero-order chi connectivity index (χ0) is 27.1. The Morgan fingerprint density at radius 1 is 1.19 bits per heavy atom. The first-order valence-corrected chi connectivity index (χ1v) is 13.7. The molecule has 5 amide bonds. The maximum absolute atomic E-state index is 13.3. The van der Waals surface area contributed by atoms with Crippen LogP contribution in [0.1, 0.15) is 37.7 Å². The highest BCUT2D eigenvalue weighted by atomic mass is 32.2. The molecule has 2 saturated heterocycles. The number of carbonyl (C=O) groups is 5. The number of rotatable bonds is 10. The van der Waals surface area contributed by atoms with Gasteiger partial charge in [0, 0.05) is 54.0 Å². The normalized spacial score (nSPS) is 23.3. The first kappa shape index (κ1) is 28.3. The van der Waals surface area contributed by atoms with Crippen LogP contribution in [0.3, 0.4) is 0 Å². The lowest BCUT2D eigenvalue weighted by molar-refractivity contribution is -0.144. The van der Waals surface area contributed by atoms with Crippen molar-refractivity contribution in [2.24, 2.45) is 11.5 Å². The average Bonchev–Trinajstić information content (AvgIpc) is 3.29. The highest BCUT2D eigenvalue weighted by Crippen LogP contribution is 2.29. The van der Waals surface area contributed by atoms with Crippen LogP contribution in [0.4, 0.5) is 0 Å². The van der Waals surface area contributed by atoms with E-state index in [4.69, 9.17) is 11.5 Å². The molecule has 5 atom stereocenters. The van der Waals surface area contributed by atoms with Gasteiger partial charge in [-0.25, -0.2) is 0 Å². The van der Waals surface area contributed by atoms with Crippen LogP contribution in [0.15, 0.2) is 29.2 Å². The van der Waals surface area contributed by atoms with E-state index in [0.717, 1.165) is 5.56 Å². The smallest absolute Gasteiger partial charge is 0.243 e. The molecule has 0 bridgehead atoms. The van der Waals surface area contributed by atoms with E-state index in [1.54, 1.807) is 30.5 Å². The van der Waals surface area contributed by atoms with Crippen molar-refractivity contribution in [2.75, 3.05) is 19.3 Å². The second-order valence-electron chi connectivity index (χ2n) is 9.37. The molecule has 2 heterocycles. The van der Waals surface area contributed by atoms with Gasteiger partial charge in [-0.15, -0.1) is 0 Å². The van der Waals surface area contributed by atoms with Gasteiger partial charge in [-0.2, -0.15) is 0 Å². The van der Waals surface area contributed by atoms with Crippen LogP contribution in [-0.4, -0.2) is 87.6 Å². The number of carbonyl (C=O) groups excluding carboxylic acids is 5. The van der Waals surface area contributed by atoms with Crippen LogP contribution in [0.2, 0.25) is 0 Å². The minimum atomic E-state index is -1.12. The van der Waals surface area contributed by atoms with Gasteiger partial charge in [-0.05, 0) is 43.4 Å². The summed E-state index contributed by atoms with van der Waals surface area (Å²) < 4.78 is 11.6. The van der Waals surface area contributed by atoms with E-state index < -0.39 is 52.6 Å². The molecule has 1 aromatic rings. The Labute approximate surface area is 217 Å². The minimum absolute atomic E-state index is 0.00142. The number of nitrogens with two attached hydrogens (primary N) is 2. The van der Waals surface area contributed by atoms with E-state index in [9.17, 15) is 28.2 Å². The second-order valence-corrected chi connectivity index (χ2v) is 10.7. The molecule has 1 aromatic carbocycles. The van der Waals surface area contributed by atoms with Gasteiger partial charge < -0.3 is 31.9 Å². The molecule has 6 N–H and O–H groups in total. The largest absolute Gasteiger partial charge is 0.370 e. The Morgan fingerprint density at radius 3 is 2.51 bits per heavy atom. The molecule has 37 heavy (non-hydrogen) atoms. The van der Waals surface area contributed by atoms with E-state index in [1.807, 2.05) is 0 Å². The summed E-state index contributed by atoms with van der Waals surface area (Å²) in [4.78, 5) is 65.5. The Hall–Kier alpha value is -3.32. The van der Waals surface area contributed by atoms with Crippen LogP contribution in [0.25, 0.3) is 0 Å². The van der Waals surface area contributed by atoms with Crippen molar-refractivity contribution < 1.29 is 28.2 Å². The molecule has 0 saturated carbocycles. The number of hydrogen-bond acceptors (Lipinski definition) is 7. The second kappa shape index (κ2) is 12.8. The number of primary amides is 1. The van der Waals surface area contributed by atoms with Gasteiger partial charge in [0.15, 0.2) is 0 Å². The van der Waals surface area contributed by atoms with Gasteiger partial charge in [0.05, 0.1) is 0 Å². The molecule has 0 radical (unpaired) electrons. The number of amides is 5. The van der Waals surface area contributed by atoms with E-state index in [2.05, 4.69) is 10.6 Å². The highest BCUT2D eigenvalue weighted by Gasteiger charge is 2.44. The average molecular weight is 535 g/mol. The lowest BCUT2D eigenvalue weighted by Crippen LogP contribution is -2.59. The highest BCUT2D eigenvalue weighted by molar-refractivity contribution is 7.84. The van der Waals surface area contributed by atoms with E-state index >= 15 is 0 Å². The topological polar surface area (TPSA) is 185 Å². The summed E-state index contributed by atoms with van der Waals surface area (Å²) in [6.07, 6.45) is 3.62. The quantitative estimate of drug-likeness (QED) is 0.259. The summed E-state index contributed by atoms with van der Waals surface area (Å²) in [5.74, 6) is -2.02. The molecule has 2 fully saturated rings. The number of fused-ring (bicyclic) bond motifs is 1. The molecule has 13 heteroatoms. The fraction of sp³-hybridized carbons (Fsp3) is 0.542. The van der Waals surface area contributed by atoms with Gasteiger partial charge in [0.2, 0.25) is 30.0 Å². The zero-order valence-electron chi connectivity index (χ0n) is 20.8. The summed E-state index contributed by atoms with van der Waals surface area (Å²) in [6, 6.07) is 3.87. The van der Waals surface area contributed by atoms with Crippen LogP contribution in [0.5, 0.6) is 0 Å². The summed E-state index contributed by atoms with van der Waals surface area (Å²) >= 11 is 0. The van der Waals surface area contributed by atoms with Gasteiger partial charge >= 0.3 is 0 Å². The first-order chi connectivity index (χ1) is 17.6. The number of nitrogens with zero attached hydrogens (tertiary/aromatic N) is 2. The maximum Gasteiger partial charge on any atom is 0.243 e. The van der Waals surface area contributed by atoms with Crippen molar-refractivity contribution in [3.8, 4) is 0 Å². The maximum atomic E-state index is 13.3. The van der Waals surface area contributed by atoms with Gasteiger partial charge in [0.1, 0.15) is 18.1 Å². The van der Waals surface area contributed by atoms with E-state index in [0.29, 0.717) is 37.1 Å². The molecular formula is C24H34N6O6S. The molecule has 0 aromatic heterocycles. The summed E-state index contributed by atoms with van der Waals surface area (Å²) in [7, 11) is -1.12. The predicted octanol–water partition coefficient (Wildman–Crippen LogP) is -1.66. The molecule has 1 unspecified atom stereocenters. The van der Waals surface area contributed by atoms with Gasteiger partial charge in [0.25, 0.3) is 0 Å². The van der Waals surface area contributed by atoms with Crippen LogP contribution in [-0.2, 0) is 41.3 Å².